The first-order chi connectivity index (χ1) is 9.04. The summed E-state index contributed by atoms with van der Waals surface area (Å²) in [5.74, 6) is 5.70. The number of nitrogens with two attached hydrogens (primary N) is 1. The fourth-order valence-electron chi connectivity index (χ4n) is 2.06. The van der Waals surface area contributed by atoms with E-state index in [9.17, 15) is 0 Å². The van der Waals surface area contributed by atoms with E-state index >= 15 is 0 Å². The topological polar surface area (TPSA) is 59.1 Å². The van der Waals surface area contributed by atoms with Crippen molar-refractivity contribution in [2.24, 2.45) is 12.9 Å². The van der Waals surface area contributed by atoms with Gasteiger partial charge in [0, 0.05) is 26.8 Å². The molecule has 19 heavy (non-hydrogen) atoms. The smallest absolute Gasteiger partial charge is 0.0894 e. The molecule has 6 heteroatoms. The predicted octanol–water partition coefficient (Wildman–Crippen LogP) is 1.69. The van der Waals surface area contributed by atoms with E-state index < -0.39 is 0 Å². The number of hydrogen-bond donors (Lipinski definition) is 2. The Morgan fingerprint density at radius 1 is 1.42 bits per heavy atom. The SMILES string of the molecule is CN(C)c1cccc(C(NN)c2c(Cl)cnn2C)c1. The maximum atomic E-state index is 6.18. The van der Waals surface area contributed by atoms with Gasteiger partial charge in [0.05, 0.1) is 23.0 Å². The zero-order chi connectivity index (χ0) is 14.0. The Morgan fingerprint density at radius 3 is 2.68 bits per heavy atom. The van der Waals surface area contributed by atoms with Crippen LogP contribution >= 0.6 is 11.6 Å². The molecule has 0 bridgehead atoms. The fourth-order valence-corrected chi connectivity index (χ4v) is 2.34. The van der Waals surface area contributed by atoms with Gasteiger partial charge in [-0.2, -0.15) is 5.10 Å². The van der Waals surface area contributed by atoms with Crippen LogP contribution in [0.2, 0.25) is 5.02 Å². The van der Waals surface area contributed by atoms with Crippen molar-refractivity contribution in [3.63, 3.8) is 0 Å². The Balaban J connectivity index is 2.45. The van der Waals surface area contributed by atoms with Gasteiger partial charge in [-0.15, -0.1) is 0 Å². The normalized spacial score (nSPS) is 12.5. The first-order valence-electron chi connectivity index (χ1n) is 5.95. The van der Waals surface area contributed by atoms with Crippen LogP contribution in [0.25, 0.3) is 0 Å². The molecule has 2 aromatic rings. The molecule has 0 saturated heterocycles. The summed E-state index contributed by atoms with van der Waals surface area (Å²) in [5.41, 5.74) is 5.80. The number of rotatable bonds is 4. The van der Waals surface area contributed by atoms with Crippen LogP contribution in [0.5, 0.6) is 0 Å². The van der Waals surface area contributed by atoms with Gasteiger partial charge in [-0.3, -0.25) is 10.5 Å². The van der Waals surface area contributed by atoms with Gasteiger partial charge in [-0.05, 0) is 17.7 Å². The summed E-state index contributed by atoms with van der Waals surface area (Å²) in [7, 11) is 5.85. The quantitative estimate of drug-likeness (QED) is 0.661. The van der Waals surface area contributed by atoms with Gasteiger partial charge in [0.15, 0.2) is 0 Å². The number of nitrogens with zero attached hydrogens (tertiary/aromatic N) is 3. The van der Waals surface area contributed by atoms with Crippen molar-refractivity contribution in [2.75, 3.05) is 19.0 Å². The van der Waals surface area contributed by atoms with Gasteiger partial charge in [0.1, 0.15) is 0 Å². The van der Waals surface area contributed by atoms with Crippen LogP contribution < -0.4 is 16.2 Å². The van der Waals surface area contributed by atoms with Gasteiger partial charge >= 0.3 is 0 Å². The van der Waals surface area contributed by atoms with Crippen molar-refractivity contribution in [3.05, 3.63) is 46.7 Å². The molecule has 0 aliphatic rings. The maximum Gasteiger partial charge on any atom is 0.0894 e. The van der Waals surface area contributed by atoms with E-state index in [-0.39, 0.29) is 6.04 Å². The standard InChI is InChI=1S/C13H18ClN5/c1-18(2)10-6-4-5-9(7-10)12(17-15)13-11(14)8-16-19(13)3/h4-8,12,17H,15H2,1-3H3. The zero-order valence-electron chi connectivity index (χ0n) is 11.3. The van der Waals surface area contributed by atoms with Gasteiger partial charge < -0.3 is 4.90 Å². The molecule has 3 N–H and O–H groups in total. The molecule has 1 atom stereocenters. The van der Waals surface area contributed by atoms with Crippen LogP contribution in [0.15, 0.2) is 30.5 Å². The van der Waals surface area contributed by atoms with Crippen molar-refractivity contribution in [2.45, 2.75) is 6.04 Å². The Labute approximate surface area is 117 Å². The lowest BCUT2D eigenvalue weighted by Gasteiger charge is -2.20. The number of benzene rings is 1. The summed E-state index contributed by atoms with van der Waals surface area (Å²) >= 11 is 6.18. The number of aryl methyl sites for hydroxylation is 1. The molecule has 0 fully saturated rings. The molecule has 0 saturated carbocycles. The number of anilines is 1. The summed E-state index contributed by atoms with van der Waals surface area (Å²) in [4.78, 5) is 2.04. The van der Waals surface area contributed by atoms with E-state index in [2.05, 4.69) is 16.6 Å². The molecule has 0 aliphatic heterocycles. The van der Waals surface area contributed by atoms with Gasteiger partial charge in [0.2, 0.25) is 0 Å². The average molecular weight is 280 g/mol. The molecule has 1 aromatic carbocycles. The minimum absolute atomic E-state index is 0.195. The van der Waals surface area contributed by atoms with Crippen molar-refractivity contribution in [3.8, 4) is 0 Å². The zero-order valence-corrected chi connectivity index (χ0v) is 12.0. The van der Waals surface area contributed by atoms with Crippen LogP contribution in [-0.2, 0) is 7.05 Å². The third kappa shape index (κ3) is 2.73. The van der Waals surface area contributed by atoms with Crippen molar-refractivity contribution in [1.82, 2.24) is 15.2 Å². The lowest BCUT2D eigenvalue weighted by molar-refractivity contribution is 0.575. The van der Waals surface area contributed by atoms with Crippen LogP contribution in [0, 0.1) is 0 Å². The minimum Gasteiger partial charge on any atom is -0.378 e. The maximum absolute atomic E-state index is 6.18. The molecule has 0 radical (unpaired) electrons. The van der Waals surface area contributed by atoms with Crippen molar-refractivity contribution >= 4 is 17.3 Å². The Hall–Kier alpha value is -1.56. The minimum atomic E-state index is -0.195. The average Bonchev–Trinajstić information content (AvgIpc) is 2.72. The summed E-state index contributed by atoms with van der Waals surface area (Å²) in [6.45, 7) is 0. The summed E-state index contributed by atoms with van der Waals surface area (Å²) in [5, 5.41) is 4.74. The second kappa shape index (κ2) is 5.61. The molecule has 1 aromatic heterocycles. The highest BCUT2D eigenvalue weighted by Crippen LogP contribution is 2.28. The first kappa shape index (κ1) is 13.9. The largest absolute Gasteiger partial charge is 0.378 e. The molecular formula is C13H18ClN5. The summed E-state index contributed by atoms with van der Waals surface area (Å²) < 4.78 is 1.73. The Kier molecular flexibility index (Phi) is 4.09. The number of hydrazine groups is 1. The van der Waals surface area contributed by atoms with Crippen LogP contribution in [-0.4, -0.2) is 23.9 Å². The lowest BCUT2D eigenvalue weighted by atomic mass is 10.0. The van der Waals surface area contributed by atoms with Gasteiger partial charge in [-0.25, -0.2) is 5.43 Å². The van der Waals surface area contributed by atoms with Gasteiger partial charge in [-0.1, -0.05) is 23.7 Å². The van der Waals surface area contributed by atoms with Crippen molar-refractivity contribution < 1.29 is 0 Å². The highest BCUT2D eigenvalue weighted by atomic mass is 35.5. The number of nitrogens with one attached hydrogen (secondary N) is 1. The van der Waals surface area contributed by atoms with E-state index in [0.29, 0.717) is 5.02 Å². The molecule has 102 valence electrons. The molecule has 5 nitrogen and oxygen atoms in total. The lowest BCUT2D eigenvalue weighted by Crippen LogP contribution is -2.30. The Bertz CT molecular complexity index is 544. The molecule has 0 aliphatic carbocycles. The van der Waals surface area contributed by atoms with E-state index in [1.165, 1.54) is 0 Å². The van der Waals surface area contributed by atoms with Crippen molar-refractivity contribution in [1.29, 1.82) is 0 Å². The third-order valence-electron chi connectivity index (χ3n) is 3.10. The summed E-state index contributed by atoms with van der Waals surface area (Å²) in [6, 6.07) is 7.94. The van der Waals surface area contributed by atoms with E-state index in [4.69, 9.17) is 17.4 Å². The number of aromatic nitrogens is 2. The molecular weight excluding hydrogens is 262 g/mol. The fraction of sp³-hybridized carbons (Fsp3) is 0.308. The number of hydrogen-bond acceptors (Lipinski definition) is 4. The second-order valence-corrected chi connectivity index (χ2v) is 5.00. The molecule has 1 heterocycles. The van der Waals surface area contributed by atoms with E-state index in [0.717, 1.165) is 16.9 Å². The molecule has 2 rings (SSSR count). The first-order valence-corrected chi connectivity index (χ1v) is 6.33. The highest BCUT2D eigenvalue weighted by Gasteiger charge is 2.20. The van der Waals surface area contributed by atoms with E-state index in [1.54, 1.807) is 10.9 Å². The second-order valence-electron chi connectivity index (χ2n) is 4.59. The molecule has 0 amide bonds. The third-order valence-corrected chi connectivity index (χ3v) is 3.39. The predicted molar refractivity (Wildman–Crippen MR) is 78.2 cm³/mol. The summed E-state index contributed by atoms with van der Waals surface area (Å²) in [6.07, 6.45) is 1.62. The van der Waals surface area contributed by atoms with Crippen LogP contribution in [0.3, 0.4) is 0 Å². The number of halogens is 1. The molecule has 1 unspecified atom stereocenters. The highest BCUT2D eigenvalue weighted by molar-refractivity contribution is 6.31. The van der Waals surface area contributed by atoms with E-state index in [1.807, 2.05) is 44.2 Å². The Morgan fingerprint density at radius 2 is 2.16 bits per heavy atom. The van der Waals surface area contributed by atoms with Crippen LogP contribution in [0.1, 0.15) is 17.3 Å². The molecule has 0 spiro atoms. The van der Waals surface area contributed by atoms with Crippen LogP contribution in [0.4, 0.5) is 5.69 Å². The monoisotopic (exact) mass is 279 g/mol. The van der Waals surface area contributed by atoms with Gasteiger partial charge in [0.25, 0.3) is 0 Å².